The number of amides is 2. The van der Waals surface area contributed by atoms with Crippen LogP contribution in [-0.4, -0.2) is 46.2 Å². The zero-order valence-corrected chi connectivity index (χ0v) is 14.7. The summed E-state index contributed by atoms with van der Waals surface area (Å²) in [5.74, 6) is -0.145. The smallest absolute Gasteiger partial charge is 0.287 e. The average Bonchev–Trinajstić information content (AvgIpc) is 2.99. The minimum Gasteiger partial charge on any atom is -0.349 e. The lowest BCUT2D eigenvalue weighted by Crippen LogP contribution is -2.29. The monoisotopic (exact) mass is 330 g/mol. The standard InChI is InChI=1S/C18H26N4O2/c1-4-6-11-19-17(23)16-20-15(14-10-8-9-13-22(14)16)18(24)21(3)12-7-5-2/h8-10,13H,4-7,11-12H2,1-3H3,(H,19,23). The third kappa shape index (κ3) is 3.93. The number of nitrogens with one attached hydrogen (secondary N) is 1. The van der Waals surface area contributed by atoms with Gasteiger partial charge in [-0.1, -0.05) is 32.8 Å². The average molecular weight is 330 g/mol. The highest BCUT2D eigenvalue weighted by Gasteiger charge is 2.23. The van der Waals surface area contributed by atoms with E-state index in [4.69, 9.17) is 0 Å². The lowest BCUT2D eigenvalue weighted by atomic mass is 10.2. The van der Waals surface area contributed by atoms with Crippen molar-refractivity contribution in [1.29, 1.82) is 0 Å². The van der Waals surface area contributed by atoms with Gasteiger partial charge in [0, 0.05) is 26.3 Å². The predicted molar refractivity (Wildman–Crippen MR) is 94.3 cm³/mol. The molecule has 6 nitrogen and oxygen atoms in total. The maximum atomic E-state index is 12.7. The van der Waals surface area contributed by atoms with E-state index in [0.717, 1.165) is 25.7 Å². The lowest BCUT2D eigenvalue weighted by Gasteiger charge is -2.15. The van der Waals surface area contributed by atoms with E-state index >= 15 is 0 Å². The van der Waals surface area contributed by atoms with Crippen LogP contribution in [0, 0.1) is 0 Å². The van der Waals surface area contributed by atoms with Crippen molar-refractivity contribution in [2.75, 3.05) is 20.1 Å². The Morgan fingerprint density at radius 2 is 1.96 bits per heavy atom. The molecule has 1 N–H and O–H groups in total. The number of carbonyl (C=O) groups excluding carboxylic acids is 2. The van der Waals surface area contributed by atoms with E-state index in [9.17, 15) is 9.59 Å². The molecule has 2 aromatic rings. The van der Waals surface area contributed by atoms with Gasteiger partial charge >= 0.3 is 0 Å². The Morgan fingerprint density at radius 1 is 1.21 bits per heavy atom. The molecule has 0 unspecified atom stereocenters. The van der Waals surface area contributed by atoms with Crippen LogP contribution in [0.3, 0.4) is 0 Å². The highest BCUT2D eigenvalue weighted by molar-refractivity contribution is 6.02. The highest BCUT2D eigenvalue weighted by Crippen LogP contribution is 2.15. The number of imidazole rings is 1. The summed E-state index contributed by atoms with van der Waals surface area (Å²) in [5.41, 5.74) is 0.987. The van der Waals surface area contributed by atoms with E-state index in [1.54, 1.807) is 22.5 Å². The SMILES string of the molecule is CCCCNC(=O)c1nc(C(=O)N(C)CCCC)c2ccccn12. The Kier molecular flexibility index (Phi) is 6.35. The van der Waals surface area contributed by atoms with E-state index in [-0.39, 0.29) is 17.6 Å². The summed E-state index contributed by atoms with van der Waals surface area (Å²) in [4.78, 5) is 31.1. The Bertz CT molecular complexity index is 708. The van der Waals surface area contributed by atoms with Crippen molar-refractivity contribution in [2.45, 2.75) is 39.5 Å². The Balaban J connectivity index is 2.31. The lowest BCUT2D eigenvalue weighted by molar-refractivity contribution is 0.0790. The fourth-order valence-electron chi connectivity index (χ4n) is 2.49. The first kappa shape index (κ1) is 18.0. The second-order valence-corrected chi connectivity index (χ2v) is 5.93. The zero-order valence-electron chi connectivity index (χ0n) is 14.7. The van der Waals surface area contributed by atoms with Crippen LogP contribution in [0.4, 0.5) is 0 Å². The van der Waals surface area contributed by atoms with Crippen molar-refractivity contribution in [3.05, 3.63) is 35.9 Å². The maximum absolute atomic E-state index is 12.7. The molecule has 2 amide bonds. The van der Waals surface area contributed by atoms with E-state index in [0.29, 0.717) is 24.3 Å². The molecule has 0 bridgehead atoms. The molecule has 6 heteroatoms. The molecule has 0 spiro atoms. The second kappa shape index (κ2) is 8.47. The van der Waals surface area contributed by atoms with Crippen LogP contribution in [0.2, 0.25) is 0 Å². The van der Waals surface area contributed by atoms with Crippen molar-refractivity contribution >= 4 is 17.3 Å². The van der Waals surface area contributed by atoms with E-state index in [1.165, 1.54) is 0 Å². The predicted octanol–water partition coefficient (Wildman–Crippen LogP) is 2.74. The van der Waals surface area contributed by atoms with Gasteiger partial charge in [0.1, 0.15) is 0 Å². The second-order valence-electron chi connectivity index (χ2n) is 5.93. The van der Waals surface area contributed by atoms with Crippen LogP contribution in [0.1, 0.15) is 60.6 Å². The molecule has 0 aliphatic heterocycles. The molecular formula is C18H26N4O2. The molecule has 0 saturated heterocycles. The van der Waals surface area contributed by atoms with Gasteiger partial charge in [0.05, 0.1) is 5.52 Å². The maximum Gasteiger partial charge on any atom is 0.287 e. The third-order valence-electron chi connectivity index (χ3n) is 3.96. The topological polar surface area (TPSA) is 66.7 Å². The van der Waals surface area contributed by atoms with E-state index < -0.39 is 0 Å². The van der Waals surface area contributed by atoms with Crippen molar-refractivity contribution in [1.82, 2.24) is 19.6 Å². The molecule has 0 aromatic carbocycles. The summed E-state index contributed by atoms with van der Waals surface area (Å²) in [6, 6.07) is 5.49. The molecule has 0 fully saturated rings. The Morgan fingerprint density at radius 3 is 2.67 bits per heavy atom. The van der Waals surface area contributed by atoms with Gasteiger partial charge in [-0.25, -0.2) is 4.98 Å². The van der Waals surface area contributed by atoms with Gasteiger partial charge in [-0.3, -0.25) is 14.0 Å². The fourth-order valence-corrected chi connectivity index (χ4v) is 2.49. The van der Waals surface area contributed by atoms with Crippen LogP contribution in [0.15, 0.2) is 24.4 Å². The van der Waals surface area contributed by atoms with Crippen LogP contribution in [0.25, 0.3) is 5.52 Å². The normalized spacial score (nSPS) is 10.8. The molecule has 0 radical (unpaired) electrons. The molecule has 130 valence electrons. The number of rotatable bonds is 8. The van der Waals surface area contributed by atoms with E-state index in [1.807, 2.05) is 18.2 Å². The number of carbonyl (C=O) groups is 2. The van der Waals surface area contributed by atoms with Crippen molar-refractivity contribution in [3.8, 4) is 0 Å². The first-order chi connectivity index (χ1) is 11.6. The molecule has 24 heavy (non-hydrogen) atoms. The number of hydrogen-bond donors (Lipinski definition) is 1. The van der Waals surface area contributed by atoms with E-state index in [2.05, 4.69) is 24.1 Å². The van der Waals surface area contributed by atoms with Crippen LogP contribution in [0.5, 0.6) is 0 Å². The van der Waals surface area contributed by atoms with Gasteiger partial charge in [0.2, 0.25) is 5.82 Å². The summed E-state index contributed by atoms with van der Waals surface area (Å²) >= 11 is 0. The molecular weight excluding hydrogens is 304 g/mol. The summed E-state index contributed by atoms with van der Waals surface area (Å²) in [6.45, 7) is 5.44. The van der Waals surface area contributed by atoms with Gasteiger partial charge in [-0.15, -0.1) is 0 Å². The first-order valence-corrected chi connectivity index (χ1v) is 8.60. The van der Waals surface area contributed by atoms with Gasteiger partial charge in [0.25, 0.3) is 11.8 Å². The third-order valence-corrected chi connectivity index (χ3v) is 3.96. The minimum atomic E-state index is -0.250. The summed E-state index contributed by atoms with van der Waals surface area (Å²) in [5, 5.41) is 2.86. The molecule has 0 saturated carbocycles. The Labute approximate surface area is 142 Å². The van der Waals surface area contributed by atoms with Crippen molar-refractivity contribution < 1.29 is 9.59 Å². The molecule has 0 atom stereocenters. The number of pyridine rings is 1. The molecule has 2 rings (SSSR count). The number of fused-ring (bicyclic) bond motifs is 1. The summed E-state index contributed by atoms with van der Waals surface area (Å²) in [7, 11) is 1.77. The number of unbranched alkanes of at least 4 members (excludes halogenated alkanes) is 2. The molecule has 0 aliphatic rings. The van der Waals surface area contributed by atoms with Crippen LogP contribution >= 0.6 is 0 Å². The largest absolute Gasteiger partial charge is 0.349 e. The summed E-state index contributed by atoms with van der Waals surface area (Å²) < 4.78 is 1.68. The fraction of sp³-hybridized carbons (Fsp3) is 0.500. The molecule has 2 aromatic heterocycles. The van der Waals surface area contributed by atoms with Gasteiger partial charge in [0.15, 0.2) is 5.69 Å². The minimum absolute atomic E-state index is 0.153. The van der Waals surface area contributed by atoms with Gasteiger partial charge in [-0.2, -0.15) is 0 Å². The van der Waals surface area contributed by atoms with Crippen molar-refractivity contribution in [3.63, 3.8) is 0 Å². The van der Waals surface area contributed by atoms with Crippen LogP contribution in [-0.2, 0) is 0 Å². The number of hydrogen-bond acceptors (Lipinski definition) is 3. The first-order valence-electron chi connectivity index (χ1n) is 8.60. The quantitative estimate of drug-likeness (QED) is 0.757. The Hall–Kier alpha value is -2.37. The van der Waals surface area contributed by atoms with Gasteiger partial charge < -0.3 is 10.2 Å². The zero-order chi connectivity index (χ0) is 17.5. The molecule has 2 heterocycles. The molecule has 0 aliphatic carbocycles. The van der Waals surface area contributed by atoms with Crippen molar-refractivity contribution in [2.24, 2.45) is 0 Å². The highest BCUT2D eigenvalue weighted by atomic mass is 16.2. The summed E-state index contributed by atoms with van der Waals surface area (Å²) in [6.07, 6.45) is 5.65. The number of nitrogens with zero attached hydrogens (tertiary/aromatic N) is 3. The van der Waals surface area contributed by atoms with Crippen LogP contribution < -0.4 is 5.32 Å². The number of aromatic nitrogens is 2. The van der Waals surface area contributed by atoms with Gasteiger partial charge in [-0.05, 0) is 25.0 Å².